The van der Waals surface area contributed by atoms with Gasteiger partial charge in [0.15, 0.2) is 5.82 Å². The van der Waals surface area contributed by atoms with Gasteiger partial charge in [-0.3, -0.25) is 4.79 Å². The smallest absolute Gasteiger partial charge is 0.291 e. The summed E-state index contributed by atoms with van der Waals surface area (Å²) in [5.41, 5.74) is 3.74. The first-order valence-corrected chi connectivity index (χ1v) is 8.57. The van der Waals surface area contributed by atoms with Gasteiger partial charge in [0.05, 0.1) is 12.3 Å². The molecule has 0 fully saturated rings. The van der Waals surface area contributed by atoms with Gasteiger partial charge < -0.3 is 10.4 Å². The van der Waals surface area contributed by atoms with E-state index < -0.39 is 5.91 Å². The highest BCUT2D eigenvalue weighted by Gasteiger charge is 2.19. The summed E-state index contributed by atoms with van der Waals surface area (Å²) in [6, 6.07) is 13.2. The van der Waals surface area contributed by atoms with Crippen LogP contribution in [0.2, 0.25) is 5.02 Å². The number of aryl methyl sites for hydroxylation is 2. The molecule has 0 aliphatic heterocycles. The van der Waals surface area contributed by atoms with Crippen molar-refractivity contribution in [2.24, 2.45) is 0 Å². The molecule has 3 aromatic rings. The van der Waals surface area contributed by atoms with E-state index in [0.29, 0.717) is 10.8 Å². The second-order valence-corrected chi connectivity index (χ2v) is 6.38. The van der Waals surface area contributed by atoms with Gasteiger partial charge in [-0.25, -0.2) is 9.67 Å². The van der Waals surface area contributed by atoms with E-state index in [9.17, 15) is 4.79 Å². The van der Waals surface area contributed by atoms with Gasteiger partial charge in [0, 0.05) is 17.1 Å². The Bertz CT molecular complexity index is 935. The monoisotopic (exact) mass is 370 g/mol. The Morgan fingerprint density at radius 1 is 1.19 bits per heavy atom. The first-order chi connectivity index (χ1) is 12.5. The Labute approximate surface area is 156 Å². The van der Waals surface area contributed by atoms with E-state index in [1.165, 1.54) is 0 Å². The molecule has 0 atom stereocenters. The Hall–Kier alpha value is -2.70. The Morgan fingerprint density at radius 3 is 2.62 bits per heavy atom. The third kappa shape index (κ3) is 3.76. The lowest BCUT2D eigenvalue weighted by molar-refractivity contribution is 0.0934. The molecule has 26 heavy (non-hydrogen) atoms. The van der Waals surface area contributed by atoms with Gasteiger partial charge in [-0.15, -0.1) is 5.10 Å². The van der Waals surface area contributed by atoms with Crippen LogP contribution >= 0.6 is 11.6 Å². The summed E-state index contributed by atoms with van der Waals surface area (Å²) in [6.07, 6.45) is 0. The molecule has 0 unspecified atom stereocenters. The lowest BCUT2D eigenvalue weighted by Crippen LogP contribution is -2.27. The Kier molecular flexibility index (Phi) is 5.35. The molecule has 0 spiro atoms. The number of hydrogen-bond donors (Lipinski definition) is 2. The normalized spacial score (nSPS) is 10.8. The van der Waals surface area contributed by atoms with Crippen LogP contribution in [-0.4, -0.2) is 38.9 Å². The van der Waals surface area contributed by atoms with Crippen LogP contribution in [0.15, 0.2) is 42.5 Å². The van der Waals surface area contributed by atoms with Crippen molar-refractivity contribution in [3.8, 4) is 17.1 Å². The molecule has 6 nitrogen and oxygen atoms in total. The van der Waals surface area contributed by atoms with Crippen LogP contribution < -0.4 is 5.32 Å². The number of aromatic nitrogens is 3. The predicted molar refractivity (Wildman–Crippen MR) is 101 cm³/mol. The summed E-state index contributed by atoms with van der Waals surface area (Å²) in [6.45, 7) is 3.98. The van der Waals surface area contributed by atoms with E-state index >= 15 is 0 Å². The van der Waals surface area contributed by atoms with Crippen molar-refractivity contribution in [2.45, 2.75) is 13.8 Å². The van der Waals surface area contributed by atoms with Crippen molar-refractivity contribution in [3.63, 3.8) is 0 Å². The van der Waals surface area contributed by atoms with Crippen LogP contribution in [0.25, 0.3) is 17.1 Å². The van der Waals surface area contributed by atoms with E-state index in [-0.39, 0.29) is 19.0 Å². The molecule has 2 aromatic carbocycles. The second-order valence-electron chi connectivity index (χ2n) is 5.95. The van der Waals surface area contributed by atoms with Crippen LogP contribution in [-0.2, 0) is 0 Å². The van der Waals surface area contributed by atoms with E-state index in [4.69, 9.17) is 16.7 Å². The molecule has 0 saturated carbocycles. The van der Waals surface area contributed by atoms with Crippen LogP contribution in [0.5, 0.6) is 0 Å². The molecular weight excluding hydrogens is 352 g/mol. The van der Waals surface area contributed by atoms with Crippen molar-refractivity contribution in [3.05, 3.63) is 64.4 Å². The molecule has 134 valence electrons. The summed E-state index contributed by atoms with van der Waals surface area (Å²) < 4.78 is 1.67. The van der Waals surface area contributed by atoms with Gasteiger partial charge in [-0.2, -0.15) is 0 Å². The van der Waals surface area contributed by atoms with Gasteiger partial charge in [0.1, 0.15) is 0 Å². The first-order valence-electron chi connectivity index (χ1n) is 8.19. The first kappa shape index (κ1) is 18.1. The molecule has 2 N–H and O–H groups in total. The third-order valence-corrected chi connectivity index (χ3v) is 4.15. The fraction of sp³-hybridized carbons (Fsp3) is 0.211. The van der Waals surface area contributed by atoms with E-state index in [1.54, 1.807) is 16.8 Å². The Morgan fingerprint density at radius 2 is 1.92 bits per heavy atom. The summed E-state index contributed by atoms with van der Waals surface area (Å²) in [5.74, 6) is 0.159. The number of aliphatic hydroxyl groups is 1. The molecule has 0 radical (unpaired) electrons. The highest BCUT2D eigenvalue weighted by atomic mass is 35.5. The molecule has 0 aliphatic rings. The SMILES string of the molecule is Cc1ccc(C)c(-n2nc(C(=O)NCCO)nc2-c2ccc(Cl)cc2)c1. The molecule has 1 amide bonds. The zero-order valence-corrected chi connectivity index (χ0v) is 15.3. The average Bonchev–Trinajstić information content (AvgIpc) is 3.07. The number of nitrogens with zero attached hydrogens (tertiary/aromatic N) is 3. The van der Waals surface area contributed by atoms with Crippen molar-refractivity contribution in [1.29, 1.82) is 0 Å². The number of amides is 1. The third-order valence-electron chi connectivity index (χ3n) is 3.90. The minimum absolute atomic E-state index is 0.0457. The number of carbonyl (C=O) groups is 1. The van der Waals surface area contributed by atoms with E-state index in [2.05, 4.69) is 15.4 Å². The fourth-order valence-electron chi connectivity index (χ4n) is 2.56. The highest BCUT2D eigenvalue weighted by Crippen LogP contribution is 2.25. The van der Waals surface area contributed by atoms with Crippen LogP contribution in [0.1, 0.15) is 21.7 Å². The van der Waals surface area contributed by atoms with Crippen LogP contribution in [0.4, 0.5) is 0 Å². The molecule has 1 aromatic heterocycles. The number of benzene rings is 2. The average molecular weight is 371 g/mol. The maximum Gasteiger partial charge on any atom is 0.291 e. The van der Waals surface area contributed by atoms with Crippen LogP contribution in [0.3, 0.4) is 0 Å². The van der Waals surface area contributed by atoms with Gasteiger partial charge in [-0.1, -0.05) is 23.7 Å². The van der Waals surface area contributed by atoms with Gasteiger partial charge >= 0.3 is 0 Å². The Balaban J connectivity index is 2.14. The second kappa shape index (κ2) is 7.68. The van der Waals surface area contributed by atoms with Gasteiger partial charge in [0.25, 0.3) is 5.91 Å². The zero-order chi connectivity index (χ0) is 18.7. The van der Waals surface area contributed by atoms with Crippen molar-refractivity contribution >= 4 is 17.5 Å². The minimum Gasteiger partial charge on any atom is -0.395 e. The number of rotatable bonds is 5. The molecule has 7 heteroatoms. The quantitative estimate of drug-likeness (QED) is 0.723. The lowest BCUT2D eigenvalue weighted by Gasteiger charge is -2.10. The van der Waals surface area contributed by atoms with Crippen molar-refractivity contribution < 1.29 is 9.90 Å². The molecular formula is C19H19ClN4O2. The largest absolute Gasteiger partial charge is 0.395 e. The molecule has 0 aliphatic carbocycles. The summed E-state index contributed by atoms with van der Waals surface area (Å²) in [7, 11) is 0. The van der Waals surface area contributed by atoms with Gasteiger partial charge in [0.2, 0.25) is 5.82 Å². The van der Waals surface area contributed by atoms with Gasteiger partial charge in [-0.05, 0) is 55.3 Å². The zero-order valence-electron chi connectivity index (χ0n) is 14.5. The maximum atomic E-state index is 12.3. The lowest BCUT2D eigenvalue weighted by atomic mass is 10.1. The topological polar surface area (TPSA) is 80.0 Å². The molecule has 1 heterocycles. The maximum absolute atomic E-state index is 12.3. The highest BCUT2D eigenvalue weighted by molar-refractivity contribution is 6.30. The van der Waals surface area contributed by atoms with E-state index in [0.717, 1.165) is 22.4 Å². The summed E-state index contributed by atoms with van der Waals surface area (Å²) >= 11 is 5.98. The molecule has 0 saturated heterocycles. The molecule has 0 bridgehead atoms. The minimum atomic E-state index is -0.432. The standard InChI is InChI=1S/C19H19ClN4O2/c1-12-3-4-13(2)16(11-12)24-18(14-5-7-15(20)8-6-14)22-17(23-24)19(26)21-9-10-25/h3-8,11,25H,9-10H2,1-2H3,(H,21,26). The van der Waals surface area contributed by atoms with Crippen LogP contribution in [0, 0.1) is 13.8 Å². The number of nitrogens with one attached hydrogen (secondary N) is 1. The van der Waals surface area contributed by atoms with E-state index in [1.807, 2.05) is 44.2 Å². The molecule has 3 rings (SSSR count). The number of halogens is 1. The summed E-state index contributed by atoms with van der Waals surface area (Å²) in [5, 5.41) is 16.5. The number of hydrogen-bond acceptors (Lipinski definition) is 4. The van der Waals surface area contributed by atoms with Crippen molar-refractivity contribution in [1.82, 2.24) is 20.1 Å². The van der Waals surface area contributed by atoms with Crippen molar-refractivity contribution in [2.75, 3.05) is 13.2 Å². The fourth-order valence-corrected chi connectivity index (χ4v) is 2.68. The number of aliphatic hydroxyl groups excluding tert-OH is 1. The number of carbonyl (C=O) groups excluding carboxylic acids is 1. The predicted octanol–water partition coefficient (Wildman–Crippen LogP) is 2.93. The summed E-state index contributed by atoms with van der Waals surface area (Å²) in [4.78, 5) is 16.7.